The summed E-state index contributed by atoms with van der Waals surface area (Å²) in [6.07, 6.45) is 2.71. The van der Waals surface area contributed by atoms with Gasteiger partial charge in [0, 0.05) is 30.6 Å². The molecule has 1 saturated heterocycles. The Kier molecular flexibility index (Phi) is 8.11. The standard InChI is InChI=1S/C26H35N3O4S/c1-18(2)27-26(31)28(15-21-5-4-13-32-21)16-25(30)29-12-10-24-22(11-14-34-24)23(29)17-33-20-8-6-19(3)7-9-20/h6-9,11,14,18,21,23H,4-5,10,12-13,15-17H2,1-3H3,(H,27,31)/t21-,23+/m1/s1. The topological polar surface area (TPSA) is 71.1 Å². The SMILES string of the molecule is Cc1ccc(OC[C@H]2c3ccsc3CCN2C(=O)CN(C[C@H]2CCCO2)C(=O)NC(C)C)cc1. The number of ether oxygens (including phenoxy) is 2. The van der Waals surface area contributed by atoms with Crippen molar-refractivity contribution < 1.29 is 19.1 Å². The first-order chi connectivity index (χ1) is 16.4. The number of amides is 3. The van der Waals surface area contributed by atoms with Crippen molar-refractivity contribution in [2.45, 2.75) is 58.2 Å². The maximum atomic E-state index is 13.6. The van der Waals surface area contributed by atoms with Gasteiger partial charge in [0.25, 0.3) is 0 Å². The quantitative estimate of drug-likeness (QED) is 0.610. The van der Waals surface area contributed by atoms with Crippen molar-refractivity contribution >= 4 is 23.3 Å². The van der Waals surface area contributed by atoms with Gasteiger partial charge < -0.3 is 24.6 Å². The molecule has 1 aromatic carbocycles. The molecule has 8 heteroatoms. The fourth-order valence-electron chi connectivity index (χ4n) is 4.53. The highest BCUT2D eigenvalue weighted by Gasteiger charge is 2.34. The molecule has 7 nitrogen and oxygen atoms in total. The van der Waals surface area contributed by atoms with E-state index in [1.807, 2.05) is 49.9 Å². The summed E-state index contributed by atoms with van der Waals surface area (Å²) in [6.45, 7) is 8.04. The zero-order valence-corrected chi connectivity index (χ0v) is 21.1. The lowest BCUT2D eigenvalue weighted by Gasteiger charge is -2.37. The highest BCUT2D eigenvalue weighted by molar-refractivity contribution is 7.10. The number of aryl methyl sites for hydroxylation is 1. The van der Waals surface area contributed by atoms with Crippen LogP contribution in [0, 0.1) is 6.92 Å². The van der Waals surface area contributed by atoms with Crippen LogP contribution in [0.2, 0.25) is 0 Å². The van der Waals surface area contributed by atoms with Gasteiger partial charge >= 0.3 is 6.03 Å². The predicted octanol–water partition coefficient (Wildman–Crippen LogP) is 4.16. The Balaban J connectivity index is 1.48. The zero-order chi connectivity index (χ0) is 24.1. The lowest BCUT2D eigenvalue weighted by Crippen LogP contribution is -2.52. The number of thiophene rings is 1. The van der Waals surface area contributed by atoms with Gasteiger partial charge in [-0.3, -0.25) is 4.79 Å². The number of hydrogen-bond donors (Lipinski definition) is 1. The lowest BCUT2D eigenvalue weighted by atomic mass is 10.0. The van der Waals surface area contributed by atoms with Crippen LogP contribution in [0.1, 0.15) is 48.7 Å². The number of carbonyl (C=O) groups is 2. The van der Waals surface area contributed by atoms with E-state index in [2.05, 4.69) is 16.8 Å². The monoisotopic (exact) mass is 485 g/mol. The summed E-state index contributed by atoms with van der Waals surface area (Å²) in [6, 6.07) is 9.64. The van der Waals surface area contributed by atoms with E-state index in [-0.39, 0.29) is 36.7 Å². The number of benzene rings is 1. The minimum atomic E-state index is -0.223. The summed E-state index contributed by atoms with van der Waals surface area (Å²) in [5.41, 5.74) is 2.32. The van der Waals surface area contributed by atoms with Crippen LogP contribution in [0.25, 0.3) is 0 Å². The third-order valence-corrected chi connectivity index (χ3v) is 7.31. The van der Waals surface area contributed by atoms with Gasteiger partial charge in [-0.2, -0.15) is 0 Å². The molecule has 2 atom stereocenters. The number of rotatable bonds is 8. The summed E-state index contributed by atoms with van der Waals surface area (Å²) in [5, 5.41) is 5.02. The van der Waals surface area contributed by atoms with E-state index in [0.717, 1.165) is 30.6 Å². The average molecular weight is 486 g/mol. The summed E-state index contributed by atoms with van der Waals surface area (Å²) in [7, 11) is 0. The van der Waals surface area contributed by atoms with Crippen molar-refractivity contribution in [3.05, 3.63) is 51.7 Å². The molecule has 4 rings (SSSR count). The molecular weight excluding hydrogens is 450 g/mol. The van der Waals surface area contributed by atoms with E-state index in [9.17, 15) is 9.59 Å². The summed E-state index contributed by atoms with van der Waals surface area (Å²) < 4.78 is 11.9. The second kappa shape index (κ2) is 11.2. The number of fused-ring (bicyclic) bond motifs is 1. The highest BCUT2D eigenvalue weighted by atomic mass is 32.1. The summed E-state index contributed by atoms with van der Waals surface area (Å²) >= 11 is 1.73. The van der Waals surface area contributed by atoms with Crippen LogP contribution >= 0.6 is 11.3 Å². The van der Waals surface area contributed by atoms with E-state index in [1.165, 1.54) is 10.4 Å². The minimum Gasteiger partial charge on any atom is -0.491 e. The third-order valence-electron chi connectivity index (χ3n) is 6.32. The van der Waals surface area contributed by atoms with E-state index in [1.54, 1.807) is 16.2 Å². The molecule has 0 saturated carbocycles. The van der Waals surface area contributed by atoms with Crippen molar-refractivity contribution in [2.24, 2.45) is 0 Å². The first-order valence-electron chi connectivity index (χ1n) is 12.1. The van der Waals surface area contributed by atoms with Crippen molar-refractivity contribution in [1.29, 1.82) is 0 Å². The maximum Gasteiger partial charge on any atom is 0.318 e. The smallest absolute Gasteiger partial charge is 0.318 e. The summed E-state index contributed by atoms with van der Waals surface area (Å²) in [4.78, 5) is 31.3. The van der Waals surface area contributed by atoms with Crippen molar-refractivity contribution in [3.8, 4) is 5.75 Å². The van der Waals surface area contributed by atoms with Crippen LogP contribution in [-0.2, 0) is 16.0 Å². The fraction of sp³-hybridized carbons (Fsp3) is 0.538. The largest absolute Gasteiger partial charge is 0.491 e. The molecule has 2 aromatic rings. The normalized spacial score (nSPS) is 19.7. The van der Waals surface area contributed by atoms with Crippen LogP contribution in [0.5, 0.6) is 5.75 Å². The Labute approximate surface area is 206 Å². The first-order valence-corrected chi connectivity index (χ1v) is 13.0. The Hall–Kier alpha value is -2.58. The van der Waals surface area contributed by atoms with Gasteiger partial charge in [0.15, 0.2) is 0 Å². The number of nitrogens with one attached hydrogen (secondary N) is 1. The van der Waals surface area contributed by atoms with E-state index in [0.29, 0.717) is 26.3 Å². The Morgan fingerprint density at radius 1 is 1.26 bits per heavy atom. The van der Waals surface area contributed by atoms with Crippen LogP contribution in [-0.4, -0.2) is 66.7 Å². The third kappa shape index (κ3) is 6.10. The van der Waals surface area contributed by atoms with Gasteiger partial charge in [-0.05, 0) is 69.2 Å². The molecule has 1 fully saturated rings. The van der Waals surface area contributed by atoms with Gasteiger partial charge in [-0.15, -0.1) is 11.3 Å². The maximum absolute atomic E-state index is 13.6. The van der Waals surface area contributed by atoms with Gasteiger partial charge in [-0.25, -0.2) is 4.79 Å². The molecule has 3 heterocycles. The molecule has 1 N–H and O–H groups in total. The van der Waals surface area contributed by atoms with Crippen LogP contribution in [0.15, 0.2) is 35.7 Å². The molecule has 1 aromatic heterocycles. The fourth-order valence-corrected chi connectivity index (χ4v) is 5.46. The van der Waals surface area contributed by atoms with Gasteiger partial charge in [0.05, 0.1) is 12.1 Å². The number of nitrogens with zero attached hydrogens (tertiary/aromatic N) is 2. The molecule has 2 aliphatic rings. The van der Waals surface area contributed by atoms with Crippen molar-refractivity contribution in [1.82, 2.24) is 15.1 Å². The van der Waals surface area contributed by atoms with Crippen LogP contribution in [0.4, 0.5) is 4.79 Å². The van der Waals surface area contributed by atoms with Crippen molar-refractivity contribution in [2.75, 3.05) is 32.8 Å². The molecule has 0 aliphatic carbocycles. The predicted molar refractivity (Wildman–Crippen MR) is 133 cm³/mol. The van der Waals surface area contributed by atoms with Gasteiger partial charge in [-0.1, -0.05) is 17.7 Å². The summed E-state index contributed by atoms with van der Waals surface area (Å²) in [5.74, 6) is 0.725. The minimum absolute atomic E-state index is 0.00592. The molecular formula is C26H35N3O4S. The zero-order valence-electron chi connectivity index (χ0n) is 20.3. The second-order valence-corrected chi connectivity index (χ2v) is 10.4. The first kappa shape index (κ1) is 24.5. The molecule has 2 aliphatic heterocycles. The average Bonchev–Trinajstić information content (AvgIpc) is 3.49. The lowest BCUT2D eigenvalue weighted by molar-refractivity contribution is -0.135. The van der Waals surface area contributed by atoms with Crippen LogP contribution in [0.3, 0.4) is 0 Å². The van der Waals surface area contributed by atoms with E-state index >= 15 is 0 Å². The highest BCUT2D eigenvalue weighted by Crippen LogP contribution is 2.34. The Bertz CT molecular complexity index is 969. The van der Waals surface area contributed by atoms with E-state index < -0.39 is 0 Å². The Morgan fingerprint density at radius 2 is 2.06 bits per heavy atom. The molecule has 34 heavy (non-hydrogen) atoms. The van der Waals surface area contributed by atoms with Gasteiger partial charge in [0.1, 0.15) is 18.9 Å². The van der Waals surface area contributed by atoms with E-state index in [4.69, 9.17) is 9.47 Å². The molecule has 0 bridgehead atoms. The molecule has 0 radical (unpaired) electrons. The molecule has 184 valence electrons. The molecule has 0 unspecified atom stereocenters. The Morgan fingerprint density at radius 3 is 2.76 bits per heavy atom. The van der Waals surface area contributed by atoms with Gasteiger partial charge in [0.2, 0.25) is 5.91 Å². The number of hydrogen-bond acceptors (Lipinski definition) is 5. The number of carbonyl (C=O) groups excluding carboxylic acids is 2. The number of urea groups is 1. The van der Waals surface area contributed by atoms with Crippen LogP contribution < -0.4 is 10.1 Å². The van der Waals surface area contributed by atoms with Crippen molar-refractivity contribution in [3.63, 3.8) is 0 Å². The second-order valence-electron chi connectivity index (χ2n) is 9.40. The molecule has 0 spiro atoms. The molecule has 3 amide bonds.